The van der Waals surface area contributed by atoms with Gasteiger partial charge in [-0.1, -0.05) is 90.0 Å². The van der Waals surface area contributed by atoms with E-state index in [4.69, 9.17) is 14.8 Å². The van der Waals surface area contributed by atoms with Gasteiger partial charge in [-0.2, -0.15) is 0 Å². The summed E-state index contributed by atoms with van der Waals surface area (Å²) in [4.78, 5) is 10.3. The molecule has 0 aliphatic heterocycles. The van der Waals surface area contributed by atoms with Gasteiger partial charge in [0.1, 0.15) is 0 Å². The number of hydrogen-bond donors (Lipinski definition) is 0. The first-order valence-corrected chi connectivity index (χ1v) is 9.30. The Morgan fingerprint density at radius 3 is 1.81 bits per heavy atom. The van der Waals surface area contributed by atoms with Crippen LogP contribution in [0.1, 0.15) is 104 Å². The monoisotopic (exact) mass is 302 g/mol. The predicted molar refractivity (Wildman–Crippen MR) is 89.0 cm³/mol. The number of rotatable bonds is 17. The van der Waals surface area contributed by atoms with Gasteiger partial charge >= 0.3 is 0 Å². The summed E-state index contributed by atoms with van der Waals surface area (Å²) in [5.74, 6) is 0. The Labute approximate surface area is 132 Å². The normalized spacial score (nSPS) is 12.7. The molecule has 0 radical (unpaired) electrons. The van der Waals surface area contributed by atoms with E-state index in [9.17, 15) is 0 Å². The average molecular weight is 302 g/mol. The van der Waals surface area contributed by atoms with Crippen molar-refractivity contribution >= 4 is 0 Å². The lowest BCUT2D eigenvalue weighted by Crippen LogP contribution is -2.13. The molecular formula is C18H38O3. The second-order valence-corrected chi connectivity index (χ2v) is 6.01. The molecule has 0 N–H and O–H groups in total. The van der Waals surface area contributed by atoms with Crippen molar-refractivity contribution in [1.29, 1.82) is 0 Å². The van der Waals surface area contributed by atoms with Crippen LogP contribution in [0.2, 0.25) is 0 Å². The van der Waals surface area contributed by atoms with Crippen molar-refractivity contribution in [2.75, 3.05) is 6.61 Å². The van der Waals surface area contributed by atoms with Crippen LogP contribution in [0, 0.1) is 0 Å². The van der Waals surface area contributed by atoms with Crippen molar-refractivity contribution in [3.8, 4) is 0 Å². The van der Waals surface area contributed by atoms with E-state index in [0.717, 1.165) is 25.7 Å². The highest BCUT2D eigenvalue weighted by atomic mass is 17.5. The van der Waals surface area contributed by atoms with Crippen LogP contribution in [-0.4, -0.2) is 12.7 Å². The second kappa shape index (κ2) is 17.9. The van der Waals surface area contributed by atoms with Crippen LogP contribution in [0.3, 0.4) is 0 Å². The summed E-state index contributed by atoms with van der Waals surface area (Å²) in [6, 6.07) is 0. The van der Waals surface area contributed by atoms with E-state index in [-0.39, 0.29) is 6.10 Å². The highest BCUT2D eigenvalue weighted by molar-refractivity contribution is 4.56. The van der Waals surface area contributed by atoms with Crippen molar-refractivity contribution in [3.63, 3.8) is 0 Å². The Bertz CT molecular complexity index is 185. The molecule has 0 aliphatic rings. The molecule has 0 amide bonds. The summed E-state index contributed by atoms with van der Waals surface area (Å²) in [7, 11) is 0. The van der Waals surface area contributed by atoms with E-state index >= 15 is 0 Å². The van der Waals surface area contributed by atoms with E-state index < -0.39 is 0 Å². The minimum atomic E-state index is 0.191. The molecule has 0 saturated heterocycles. The van der Waals surface area contributed by atoms with Gasteiger partial charge < -0.3 is 0 Å². The van der Waals surface area contributed by atoms with Crippen molar-refractivity contribution in [1.82, 2.24) is 0 Å². The van der Waals surface area contributed by atoms with Crippen LogP contribution in [0.25, 0.3) is 0 Å². The minimum Gasteiger partial charge on any atom is -0.206 e. The lowest BCUT2D eigenvalue weighted by Gasteiger charge is -2.14. The number of unbranched alkanes of at least 4 members (excludes halogenated alkanes) is 8. The molecule has 0 aromatic rings. The van der Waals surface area contributed by atoms with Gasteiger partial charge in [0.2, 0.25) is 0 Å². The molecule has 1 atom stereocenters. The number of hydrogen-bond acceptors (Lipinski definition) is 3. The summed E-state index contributed by atoms with van der Waals surface area (Å²) in [5.41, 5.74) is 0. The third-order valence-corrected chi connectivity index (χ3v) is 3.75. The average Bonchev–Trinajstić information content (AvgIpc) is 2.49. The molecule has 0 aliphatic carbocycles. The Morgan fingerprint density at radius 1 is 0.619 bits per heavy atom. The summed E-state index contributed by atoms with van der Waals surface area (Å²) >= 11 is 0. The standard InChI is InChI=1S/C18H38O3/c1-4-7-8-9-10-11-12-13-14-16-18(15-5-2)20-21-19-17-6-3/h18H,4-17H2,1-3H3. The van der Waals surface area contributed by atoms with Gasteiger partial charge in [0.05, 0.1) is 12.7 Å². The maximum Gasteiger partial charge on any atom is 0.0961 e. The highest BCUT2D eigenvalue weighted by Gasteiger charge is 2.09. The van der Waals surface area contributed by atoms with Gasteiger partial charge in [-0.05, 0) is 19.3 Å². The fourth-order valence-electron chi connectivity index (χ4n) is 2.45. The molecule has 0 rings (SSSR count). The van der Waals surface area contributed by atoms with E-state index in [0.29, 0.717) is 6.61 Å². The summed E-state index contributed by atoms with van der Waals surface area (Å²) in [6.07, 6.45) is 16.7. The van der Waals surface area contributed by atoms with E-state index in [1.807, 2.05) is 0 Å². The molecule has 0 bridgehead atoms. The molecule has 0 aromatic carbocycles. The molecular weight excluding hydrogens is 264 g/mol. The van der Waals surface area contributed by atoms with Crippen LogP contribution in [0.4, 0.5) is 0 Å². The molecule has 128 valence electrons. The Kier molecular flexibility index (Phi) is 17.8. The first-order chi connectivity index (χ1) is 10.3. The summed E-state index contributed by atoms with van der Waals surface area (Å²) in [6.45, 7) is 7.09. The third kappa shape index (κ3) is 16.1. The topological polar surface area (TPSA) is 27.7 Å². The zero-order valence-electron chi connectivity index (χ0n) is 14.7. The zero-order chi connectivity index (χ0) is 15.6. The van der Waals surface area contributed by atoms with Crippen LogP contribution in [0.5, 0.6) is 0 Å². The molecule has 1 unspecified atom stereocenters. The predicted octanol–water partition coefficient (Wildman–Crippen LogP) is 6.37. The minimum absolute atomic E-state index is 0.191. The molecule has 0 saturated carbocycles. The quantitative estimate of drug-likeness (QED) is 0.177. The fraction of sp³-hybridized carbons (Fsp3) is 1.00. The first kappa shape index (κ1) is 20.9. The van der Waals surface area contributed by atoms with Gasteiger partial charge in [0.15, 0.2) is 0 Å². The van der Waals surface area contributed by atoms with Gasteiger partial charge in [-0.15, -0.1) is 0 Å². The maximum atomic E-state index is 5.33. The van der Waals surface area contributed by atoms with Crippen molar-refractivity contribution in [2.24, 2.45) is 0 Å². The van der Waals surface area contributed by atoms with Gasteiger partial charge in [-0.25, -0.2) is 9.78 Å². The molecule has 21 heavy (non-hydrogen) atoms. The van der Waals surface area contributed by atoms with Crippen molar-refractivity contribution in [3.05, 3.63) is 0 Å². The molecule has 0 heterocycles. The second-order valence-electron chi connectivity index (χ2n) is 6.01. The third-order valence-electron chi connectivity index (χ3n) is 3.75. The molecule has 3 nitrogen and oxygen atoms in total. The summed E-state index contributed by atoms with van der Waals surface area (Å²) < 4.78 is 0. The molecule has 3 heteroatoms. The smallest absolute Gasteiger partial charge is 0.0961 e. The van der Waals surface area contributed by atoms with Gasteiger partial charge in [-0.3, -0.25) is 0 Å². The van der Waals surface area contributed by atoms with Crippen LogP contribution >= 0.6 is 0 Å². The lowest BCUT2D eigenvalue weighted by atomic mass is 10.0. The Balaban J connectivity index is 3.38. The van der Waals surface area contributed by atoms with Crippen molar-refractivity contribution < 1.29 is 14.8 Å². The zero-order valence-corrected chi connectivity index (χ0v) is 14.7. The molecule has 0 fully saturated rings. The van der Waals surface area contributed by atoms with Crippen LogP contribution in [-0.2, 0) is 14.8 Å². The summed E-state index contributed by atoms with van der Waals surface area (Å²) in [5, 5.41) is 4.82. The van der Waals surface area contributed by atoms with Gasteiger partial charge in [0, 0.05) is 0 Å². The Morgan fingerprint density at radius 2 is 1.24 bits per heavy atom. The van der Waals surface area contributed by atoms with Gasteiger partial charge in [0.25, 0.3) is 0 Å². The van der Waals surface area contributed by atoms with Crippen LogP contribution < -0.4 is 0 Å². The van der Waals surface area contributed by atoms with E-state index in [1.165, 1.54) is 57.8 Å². The molecule has 0 spiro atoms. The highest BCUT2D eigenvalue weighted by Crippen LogP contribution is 2.15. The van der Waals surface area contributed by atoms with E-state index in [2.05, 4.69) is 20.8 Å². The lowest BCUT2D eigenvalue weighted by molar-refractivity contribution is -0.527. The molecule has 0 aromatic heterocycles. The fourth-order valence-corrected chi connectivity index (χ4v) is 2.45. The first-order valence-electron chi connectivity index (χ1n) is 9.30. The SMILES string of the molecule is CCCCCCCCCCCC(CCC)OOOCCC. The largest absolute Gasteiger partial charge is 0.206 e. The Hall–Kier alpha value is -0.120. The van der Waals surface area contributed by atoms with Crippen molar-refractivity contribution in [2.45, 2.75) is 110 Å². The van der Waals surface area contributed by atoms with E-state index in [1.54, 1.807) is 0 Å². The van der Waals surface area contributed by atoms with Crippen LogP contribution in [0.15, 0.2) is 0 Å². The maximum absolute atomic E-state index is 5.33.